The standard InChI is InChI=1S/C17H18Br2O2/c1-11-6-13(10-14(18)7-11)15(19)8-12-4-5-16(20-2)17(9-12)21-3/h4-7,9-10,15H,8H2,1-3H3. The number of ether oxygens (including phenoxy) is 2. The second-order valence-corrected chi connectivity index (χ2v) is 6.94. The normalized spacial score (nSPS) is 12.0. The molecule has 112 valence electrons. The molecule has 0 aliphatic heterocycles. The van der Waals surface area contributed by atoms with E-state index in [0.717, 1.165) is 22.4 Å². The molecule has 0 aliphatic rings. The Labute approximate surface area is 142 Å². The number of halogens is 2. The van der Waals surface area contributed by atoms with Crippen molar-refractivity contribution in [2.75, 3.05) is 14.2 Å². The minimum Gasteiger partial charge on any atom is -0.493 e. The molecule has 0 heterocycles. The van der Waals surface area contributed by atoms with Crippen LogP contribution in [-0.4, -0.2) is 14.2 Å². The van der Waals surface area contributed by atoms with E-state index in [-0.39, 0.29) is 4.83 Å². The number of alkyl halides is 1. The molecule has 0 spiro atoms. The monoisotopic (exact) mass is 412 g/mol. The van der Waals surface area contributed by atoms with Crippen molar-refractivity contribution >= 4 is 31.9 Å². The number of aryl methyl sites for hydroxylation is 1. The fraction of sp³-hybridized carbons (Fsp3) is 0.294. The Bertz CT molecular complexity index is 606. The van der Waals surface area contributed by atoms with Crippen molar-refractivity contribution in [2.45, 2.75) is 18.2 Å². The first-order valence-electron chi connectivity index (χ1n) is 6.65. The van der Waals surface area contributed by atoms with E-state index in [0.29, 0.717) is 0 Å². The van der Waals surface area contributed by atoms with Crippen LogP contribution in [-0.2, 0) is 6.42 Å². The van der Waals surface area contributed by atoms with Crippen LogP contribution in [0.1, 0.15) is 21.5 Å². The topological polar surface area (TPSA) is 18.5 Å². The maximum atomic E-state index is 5.35. The Hall–Kier alpha value is -1.00. The highest BCUT2D eigenvalue weighted by atomic mass is 79.9. The van der Waals surface area contributed by atoms with Gasteiger partial charge in [0, 0.05) is 9.30 Å². The average molecular weight is 414 g/mol. The van der Waals surface area contributed by atoms with Gasteiger partial charge >= 0.3 is 0 Å². The third-order valence-corrected chi connectivity index (χ3v) is 4.60. The van der Waals surface area contributed by atoms with Gasteiger partial charge in [-0.15, -0.1) is 0 Å². The van der Waals surface area contributed by atoms with Crippen LogP contribution in [0.4, 0.5) is 0 Å². The van der Waals surface area contributed by atoms with Gasteiger partial charge in [0.2, 0.25) is 0 Å². The summed E-state index contributed by atoms with van der Waals surface area (Å²) in [5.41, 5.74) is 3.71. The lowest BCUT2D eigenvalue weighted by atomic mass is 10.0. The SMILES string of the molecule is COc1ccc(CC(Br)c2cc(C)cc(Br)c2)cc1OC. The first-order valence-corrected chi connectivity index (χ1v) is 8.36. The highest BCUT2D eigenvalue weighted by Crippen LogP contribution is 2.33. The van der Waals surface area contributed by atoms with Gasteiger partial charge in [0.15, 0.2) is 11.5 Å². The van der Waals surface area contributed by atoms with Gasteiger partial charge in [-0.2, -0.15) is 0 Å². The van der Waals surface area contributed by atoms with E-state index < -0.39 is 0 Å². The summed E-state index contributed by atoms with van der Waals surface area (Å²) in [7, 11) is 3.31. The van der Waals surface area contributed by atoms with Crippen molar-refractivity contribution in [2.24, 2.45) is 0 Å². The molecule has 0 aromatic heterocycles. The molecule has 0 amide bonds. The Morgan fingerprint density at radius 2 is 1.71 bits per heavy atom. The van der Waals surface area contributed by atoms with E-state index in [2.05, 4.69) is 63.0 Å². The molecule has 0 saturated carbocycles. The predicted octanol–water partition coefficient (Wildman–Crippen LogP) is 5.45. The molecular formula is C17H18Br2O2. The molecule has 1 atom stereocenters. The molecule has 0 N–H and O–H groups in total. The first kappa shape index (κ1) is 16.4. The maximum absolute atomic E-state index is 5.35. The molecule has 0 radical (unpaired) electrons. The van der Waals surface area contributed by atoms with Crippen LogP contribution in [0.3, 0.4) is 0 Å². The molecule has 2 nitrogen and oxygen atoms in total. The van der Waals surface area contributed by atoms with Gasteiger partial charge < -0.3 is 9.47 Å². The second-order valence-electron chi connectivity index (χ2n) is 4.92. The van der Waals surface area contributed by atoms with Gasteiger partial charge in [0.05, 0.1) is 14.2 Å². The minimum absolute atomic E-state index is 0.256. The summed E-state index contributed by atoms with van der Waals surface area (Å²) >= 11 is 7.33. The van der Waals surface area contributed by atoms with Gasteiger partial charge in [-0.1, -0.05) is 44.0 Å². The van der Waals surface area contributed by atoms with E-state index in [4.69, 9.17) is 9.47 Å². The third-order valence-electron chi connectivity index (χ3n) is 3.29. The summed E-state index contributed by atoms with van der Waals surface area (Å²) in [6.07, 6.45) is 0.885. The van der Waals surface area contributed by atoms with Crippen LogP contribution in [0.2, 0.25) is 0 Å². The van der Waals surface area contributed by atoms with Crippen LogP contribution in [0.5, 0.6) is 11.5 Å². The molecule has 0 fully saturated rings. The number of hydrogen-bond donors (Lipinski definition) is 0. The molecular weight excluding hydrogens is 396 g/mol. The lowest BCUT2D eigenvalue weighted by Gasteiger charge is -2.14. The van der Waals surface area contributed by atoms with Crippen molar-refractivity contribution in [3.8, 4) is 11.5 Å². The fourth-order valence-corrected chi connectivity index (χ4v) is 3.54. The zero-order valence-electron chi connectivity index (χ0n) is 12.3. The molecule has 0 aliphatic carbocycles. The minimum atomic E-state index is 0.256. The summed E-state index contributed by atoms with van der Waals surface area (Å²) in [6.45, 7) is 2.10. The van der Waals surface area contributed by atoms with Gasteiger partial charge in [-0.05, 0) is 54.3 Å². The average Bonchev–Trinajstić information content (AvgIpc) is 2.46. The van der Waals surface area contributed by atoms with Crippen molar-refractivity contribution < 1.29 is 9.47 Å². The van der Waals surface area contributed by atoms with Crippen LogP contribution in [0.25, 0.3) is 0 Å². The number of hydrogen-bond acceptors (Lipinski definition) is 2. The Kier molecular flexibility index (Phi) is 5.71. The van der Waals surface area contributed by atoms with Crippen molar-refractivity contribution in [3.63, 3.8) is 0 Å². The summed E-state index contributed by atoms with van der Waals surface area (Å²) in [5.74, 6) is 1.52. The Morgan fingerprint density at radius 3 is 2.33 bits per heavy atom. The highest BCUT2D eigenvalue weighted by Gasteiger charge is 2.12. The smallest absolute Gasteiger partial charge is 0.160 e. The van der Waals surface area contributed by atoms with E-state index in [1.807, 2.05) is 12.1 Å². The summed E-state index contributed by atoms with van der Waals surface area (Å²) in [4.78, 5) is 0.256. The van der Waals surface area contributed by atoms with Gasteiger partial charge in [-0.3, -0.25) is 0 Å². The van der Waals surface area contributed by atoms with Gasteiger partial charge in [0.1, 0.15) is 0 Å². The fourth-order valence-electron chi connectivity index (χ4n) is 2.28. The second kappa shape index (κ2) is 7.32. The molecule has 0 saturated heterocycles. The van der Waals surface area contributed by atoms with Crippen molar-refractivity contribution in [1.82, 2.24) is 0 Å². The highest BCUT2D eigenvalue weighted by molar-refractivity contribution is 9.10. The number of benzene rings is 2. The van der Waals surface area contributed by atoms with E-state index in [1.165, 1.54) is 16.7 Å². The lowest BCUT2D eigenvalue weighted by molar-refractivity contribution is 0.354. The summed E-state index contributed by atoms with van der Waals surface area (Å²) in [5, 5.41) is 0. The predicted molar refractivity (Wildman–Crippen MR) is 93.8 cm³/mol. The van der Waals surface area contributed by atoms with Crippen LogP contribution in [0, 0.1) is 6.92 Å². The molecule has 1 unspecified atom stereocenters. The summed E-state index contributed by atoms with van der Waals surface area (Å²) in [6, 6.07) is 12.5. The molecule has 21 heavy (non-hydrogen) atoms. The molecule has 2 aromatic rings. The molecule has 0 bridgehead atoms. The maximum Gasteiger partial charge on any atom is 0.160 e. The molecule has 2 aromatic carbocycles. The Balaban J connectivity index is 2.20. The van der Waals surface area contributed by atoms with Crippen LogP contribution in [0.15, 0.2) is 40.9 Å². The van der Waals surface area contributed by atoms with Crippen molar-refractivity contribution in [3.05, 3.63) is 57.6 Å². The largest absolute Gasteiger partial charge is 0.493 e. The van der Waals surface area contributed by atoms with Crippen LogP contribution < -0.4 is 9.47 Å². The van der Waals surface area contributed by atoms with E-state index >= 15 is 0 Å². The van der Waals surface area contributed by atoms with E-state index in [1.54, 1.807) is 14.2 Å². The molecule has 2 rings (SSSR count). The quantitative estimate of drug-likeness (QED) is 0.606. The summed E-state index contributed by atoms with van der Waals surface area (Å²) < 4.78 is 11.7. The zero-order valence-corrected chi connectivity index (χ0v) is 15.5. The molecule has 4 heteroatoms. The van der Waals surface area contributed by atoms with Crippen LogP contribution >= 0.6 is 31.9 Å². The Morgan fingerprint density at radius 1 is 1.00 bits per heavy atom. The van der Waals surface area contributed by atoms with Crippen molar-refractivity contribution in [1.29, 1.82) is 0 Å². The van der Waals surface area contributed by atoms with Gasteiger partial charge in [-0.25, -0.2) is 0 Å². The van der Waals surface area contributed by atoms with Gasteiger partial charge in [0.25, 0.3) is 0 Å². The number of rotatable bonds is 5. The third kappa shape index (κ3) is 4.24. The van der Waals surface area contributed by atoms with E-state index in [9.17, 15) is 0 Å². The number of methoxy groups -OCH3 is 2. The first-order chi connectivity index (χ1) is 10.0. The lowest BCUT2D eigenvalue weighted by Crippen LogP contribution is -1.98. The zero-order chi connectivity index (χ0) is 15.4.